The van der Waals surface area contributed by atoms with Crippen molar-refractivity contribution in [2.75, 3.05) is 19.8 Å². The fourth-order valence-electron chi connectivity index (χ4n) is 2.13. The molecular formula is C13H24O3. The number of Topliss-reactive ketones (excluding diaryl/α,β-unsaturated/α-hetero) is 1. The molecule has 1 heterocycles. The predicted molar refractivity (Wildman–Crippen MR) is 63.5 cm³/mol. The summed E-state index contributed by atoms with van der Waals surface area (Å²) in [4.78, 5) is 12.2. The van der Waals surface area contributed by atoms with Gasteiger partial charge in [0.2, 0.25) is 0 Å². The standard InChI is InChI=1S/C13H24O3/c1-4-16-13(7-9-15-10-8-13)12(14)6-5-11(2)3/h11H,4-10H2,1-3H3. The highest BCUT2D eigenvalue weighted by atomic mass is 16.5. The van der Waals surface area contributed by atoms with Gasteiger partial charge in [0.25, 0.3) is 0 Å². The number of hydrogen-bond donors (Lipinski definition) is 0. The number of carbonyl (C=O) groups is 1. The van der Waals surface area contributed by atoms with Crippen LogP contribution in [0.5, 0.6) is 0 Å². The molecule has 0 spiro atoms. The average molecular weight is 228 g/mol. The lowest BCUT2D eigenvalue weighted by molar-refractivity contribution is -0.157. The van der Waals surface area contributed by atoms with E-state index in [1.54, 1.807) is 0 Å². The smallest absolute Gasteiger partial charge is 0.164 e. The van der Waals surface area contributed by atoms with Crippen molar-refractivity contribution in [1.29, 1.82) is 0 Å². The van der Waals surface area contributed by atoms with Crippen LogP contribution in [0.3, 0.4) is 0 Å². The molecule has 1 aliphatic heterocycles. The van der Waals surface area contributed by atoms with E-state index in [0.717, 1.165) is 19.3 Å². The second-order valence-electron chi connectivity index (χ2n) is 4.90. The Hall–Kier alpha value is -0.410. The molecule has 0 unspecified atom stereocenters. The van der Waals surface area contributed by atoms with Crippen molar-refractivity contribution >= 4 is 5.78 Å². The van der Waals surface area contributed by atoms with E-state index in [4.69, 9.17) is 9.47 Å². The van der Waals surface area contributed by atoms with E-state index < -0.39 is 5.60 Å². The minimum atomic E-state index is -0.540. The van der Waals surface area contributed by atoms with Gasteiger partial charge in [-0.2, -0.15) is 0 Å². The highest BCUT2D eigenvalue weighted by Crippen LogP contribution is 2.28. The van der Waals surface area contributed by atoms with Gasteiger partial charge in [0.1, 0.15) is 5.60 Å². The molecule has 16 heavy (non-hydrogen) atoms. The summed E-state index contributed by atoms with van der Waals surface area (Å²) < 4.78 is 11.0. The Morgan fingerprint density at radius 3 is 2.50 bits per heavy atom. The van der Waals surface area contributed by atoms with Crippen molar-refractivity contribution in [2.45, 2.75) is 52.1 Å². The molecule has 0 radical (unpaired) electrons. The van der Waals surface area contributed by atoms with E-state index >= 15 is 0 Å². The van der Waals surface area contributed by atoms with Gasteiger partial charge in [-0.15, -0.1) is 0 Å². The molecule has 1 aliphatic rings. The number of rotatable bonds is 6. The fraction of sp³-hybridized carbons (Fsp3) is 0.923. The largest absolute Gasteiger partial charge is 0.381 e. The summed E-state index contributed by atoms with van der Waals surface area (Å²) in [7, 11) is 0. The highest BCUT2D eigenvalue weighted by Gasteiger charge is 2.39. The van der Waals surface area contributed by atoms with Crippen LogP contribution in [-0.2, 0) is 14.3 Å². The molecule has 3 heteroatoms. The third-order valence-electron chi connectivity index (χ3n) is 3.18. The monoisotopic (exact) mass is 228 g/mol. The summed E-state index contributed by atoms with van der Waals surface area (Å²) in [6.07, 6.45) is 3.03. The summed E-state index contributed by atoms with van der Waals surface area (Å²) in [6, 6.07) is 0. The van der Waals surface area contributed by atoms with Crippen LogP contribution >= 0.6 is 0 Å². The van der Waals surface area contributed by atoms with Crippen LogP contribution in [0.4, 0.5) is 0 Å². The molecule has 0 aromatic heterocycles. The van der Waals surface area contributed by atoms with Crippen LogP contribution < -0.4 is 0 Å². The quantitative estimate of drug-likeness (QED) is 0.701. The number of ether oxygens (including phenoxy) is 2. The van der Waals surface area contributed by atoms with Crippen LogP contribution in [-0.4, -0.2) is 31.2 Å². The Bertz CT molecular complexity index is 212. The first kappa shape index (κ1) is 13.7. The summed E-state index contributed by atoms with van der Waals surface area (Å²) in [5.74, 6) is 0.841. The zero-order chi connectivity index (χ0) is 12.0. The summed E-state index contributed by atoms with van der Waals surface area (Å²) in [5, 5.41) is 0. The fourth-order valence-corrected chi connectivity index (χ4v) is 2.13. The van der Waals surface area contributed by atoms with E-state index in [-0.39, 0.29) is 5.78 Å². The maximum atomic E-state index is 12.2. The van der Waals surface area contributed by atoms with Crippen molar-refractivity contribution < 1.29 is 14.3 Å². The van der Waals surface area contributed by atoms with Crippen molar-refractivity contribution in [1.82, 2.24) is 0 Å². The van der Waals surface area contributed by atoms with Gasteiger partial charge in [-0.05, 0) is 19.3 Å². The molecular weight excluding hydrogens is 204 g/mol. The van der Waals surface area contributed by atoms with Crippen LogP contribution in [0.25, 0.3) is 0 Å². The second kappa shape index (κ2) is 6.36. The van der Waals surface area contributed by atoms with Gasteiger partial charge in [-0.3, -0.25) is 4.79 Å². The highest BCUT2D eigenvalue weighted by molar-refractivity contribution is 5.87. The molecule has 1 rings (SSSR count). The Balaban J connectivity index is 2.57. The first-order valence-electron chi connectivity index (χ1n) is 6.35. The normalized spacial score (nSPS) is 20.0. The maximum Gasteiger partial charge on any atom is 0.164 e. The zero-order valence-corrected chi connectivity index (χ0v) is 10.8. The first-order valence-corrected chi connectivity index (χ1v) is 6.35. The Morgan fingerprint density at radius 2 is 2.00 bits per heavy atom. The van der Waals surface area contributed by atoms with E-state index in [1.165, 1.54) is 0 Å². The minimum Gasteiger partial charge on any atom is -0.381 e. The second-order valence-corrected chi connectivity index (χ2v) is 4.90. The summed E-state index contributed by atoms with van der Waals surface area (Å²) in [6.45, 7) is 8.14. The third-order valence-corrected chi connectivity index (χ3v) is 3.18. The van der Waals surface area contributed by atoms with Crippen molar-refractivity contribution in [3.63, 3.8) is 0 Å². The lowest BCUT2D eigenvalue weighted by Gasteiger charge is -2.35. The lowest BCUT2D eigenvalue weighted by Crippen LogP contribution is -2.46. The number of ketones is 1. The topological polar surface area (TPSA) is 35.5 Å². The average Bonchev–Trinajstić information content (AvgIpc) is 2.27. The van der Waals surface area contributed by atoms with Crippen molar-refractivity contribution in [2.24, 2.45) is 5.92 Å². The Labute approximate surface area is 98.5 Å². The Morgan fingerprint density at radius 1 is 1.38 bits per heavy atom. The third kappa shape index (κ3) is 3.56. The summed E-state index contributed by atoms with van der Waals surface area (Å²) in [5.41, 5.74) is -0.540. The van der Waals surface area contributed by atoms with Crippen LogP contribution in [0.2, 0.25) is 0 Å². The van der Waals surface area contributed by atoms with Gasteiger partial charge in [-0.25, -0.2) is 0 Å². The molecule has 3 nitrogen and oxygen atoms in total. The first-order chi connectivity index (χ1) is 7.60. The molecule has 0 atom stereocenters. The van der Waals surface area contributed by atoms with Gasteiger partial charge >= 0.3 is 0 Å². The van der Waals surface area contributed by atoms with Crippen LogP contribution in [0, 0.1) is 5.92 Å². The van der Waals surface area contributed by atoms with E-state index in [0.29, 0.717) is 32.2 Å². The van der Waals surface area contributed by atoms with Crippen molar-refractivity contribution in [3.05, 3.63) is 0 Å². The minimum absolute atomic E-state index is 0.270. The SMILES string of the molecule is CCOC1(C(=O)CCC(C)C)CCOCC1. The van der Waals surface area contributed by atoms with Crippen molar-refractivity contribution in [3.8, 4) is 0 Å². The molecule has 94 valence electrons. The summed E-state index contributed by atoms with van der Waals surface area (Å²) >= 11 is 0. The molecule has 0 N–H and O–H groups in total. The number of hydrogen-bond acceptors (Lipinski definition) is 3. The molecule has 1 fully saturated rings. The van der Waals surface area contributed by atoms with Crippen LogP contribution in [0.1, 0.15) is 46.5 Å². The van der Waals surface area contributed by atoms with E-state index in [1.807, 2.05) is 6.92 Å². The van der Waals surface area contributed by atoms with Crippen LogP contribution in [0.15, 0.2) is 0 Å². The van der Waals surface area contributed by atoms with Gasteiger partial charge in [-0.1, -0.05) is 13.8 Å². The molecule has 0 aromatic rings. The molecule has 0 aliphatic carbocycles. The molecule has 0 amide bonds. The number of carbonyl (C=O) groups excluding carboxylic acids is 1. The zero-order valence-electron chi connectivity index (χ0n) is 10.8. The van der Waals surface area contributed by atoms with E-state index in [9.17, 15) is 4.79 Å². The van der Waals surface area contributed by atoms with Gasteiger partial charge in [0.15, 0.2) is 5.78 Å². The molecule has 0 aromatic carbocycles. The Kier molecular flexibility index (Phi) is 5.42. The van der Waals surface area contributed by atoms with Gasteiger partial charge < -0.3 is 9.47 Å². The van der Waals surface area contributed by atoms with E-state index in [2.05, 4.69) is 13.8 Å². The predicted octanol–water partition coefficient (Wildman–Crippen LogP) is 2.58. The molecule has 0 saturated carbocycles. The maximum absolute atomic E-state index is 12.2. The molecule has 1 saturated heterocycles. The molecule has 0 bridgehead atoms. The van der Waals surface area contributed by atoms with Gasteiger partial charge in [0.05, 0.1) is 0 Å². The lowest BCUT2D eigenvalue weighted by atomic mass is 9.86. The van der Waals surface area contributed by atoms with Gasteiger partial charge in [0, 0.05) is 39.1 Å².